The lowest BCUT2D eigenvalue weighted by molar-refractivity contribution is -0.173. The van der Waals surface area contributed by atoms with E-state index in [1.54, 1.807) is 4.90 Å². The van der Waals surface area contributed by atoms with Crippen molar-refractivity contribution < 1.29 is 19.1 Å². The fourth-order valence-electron chi connectivity index (χ4n) is 5.57. The first-order valence-corrected chi connectivity index (χ1v) is 9.49. The van der Waals surface area contributed by atoms with Gasteiger partial charge in [-0.05, 0) is 50.4 Å². The predicted molar refractivity (Wildman–Crippen MR) is 87.1 cm³/mol. The highest BCUT2D eigenvalue weighted by molar-refractivity contribution is 9.10. The van der Waals surface area contributed by atoms with Crippen molar-refractivity contribution in [1.29, 1.82) is 0 Å². The molecule has 1 amide bonds. The van der Waals surface area contributed by atoms with Crippen molar-refractivity contribution in [3.8, 4) is 0 Å². The van der Waals surface area contributed by atoms with E-state index < -0.39 is 0 Å². The number of morpholine rings is 1. The van der Waals surface area contributed by atoms with Gasteiger partial charge in [0.2, 0.25) is 0 Å². The van der Waals surface area contributed by atoms with Crippen LogP contribution >= 0.6 is 15.9 Å². The van der Waals surface area contributed by atoms with E-state index in [1.807, 2.05) is 0 Å². The Morgan fingerprint density at radius 2 is 1.78 bits per heavy atom. The molecule has 4 atom stereocenters. The molecule has 5 fully saturated rings. The molecule has 0 aromatic heterocycles. The molecule has 2 unspecified atom stereocenters. The van der Waals surface area contributed by atoms with Crippen LogP contribution < -0.4 is 0 Å². The molecule has 23 heavy (non-hydrogen) atoms. The van der Waals surface area contributed by atoms with Crippen molar-refractivity contribution in [1.82, 2.24) is 4.90 Å². The zero-order chi connectivity index (χ0) is 16.1. The summed E-state index contributed by atoms with van der Waals surface area (Å²) in [4.78, 5) is 26.7. The Hall–Kier alpha value is -0.620. The molecule has 1 heterocycles. The second-order valence-electron chi connectivity index (χ2n) is 7.96. The van der Waals surface area contributed by atoms with Gasteiger partial charge in [-0.3, -0.25) is 9.59 Å². The quantitative estimate of drug-likeness (QED) is 0.551. The van der Waals surface area contributed by atoms with Crippen molar-refractivity contribution in [3.05, 3.63) is 0 Å². The summed E-state index contributed by atoms with van der Waals surface area (Å²) in [6.07, 6.45) is 6.39. The number of hydrogen-bond acceptors (Lipinski definition) is 4. The Labute approximate surface area is 145 Å². The SMILES string of the molecule is O=C(COC(=O)C12C[C@@H]3C[C@@H](CC(Br)(C3)C1)C2)N1CCOCC1. The van der Waals surface area contributed by atoms with Crippen LogP contribution in [0.5, 0.6) is 0 Å². The summed E-state index contributed by atoms with van der Waals surface area (Å²) in [5, 5.41) is 0. The smallest absolute Gasteiger partial charge is 0.312 e. The zero-order valence-corrected chi connectivity index (χ0v) is 15.0. The van der Waals surface area contributed by atoms with Gasteiger partial charge in [-0.25, -0.2) is 0 Å². The number of alkyl halides is 1. The second kappa shape index (κ2) is 5.73. The van der Waals surface area contributed by atoms with Crippen molar-refractivity contribution in [2.24, 2.45) is 17.3 Å². The fourth-order valence-corrected chi connectivity index (χ4v) is 7.03. The van der Waals surface area contributed by atoms with Gasteiger partial charge in [0, 0.05) is 17.4 Å². The Morgan fingerprint density at radius 1 is 1.13 bits per heavy atom. The van der Waals surface area contributed by atoms with Gasteiger partial charge in [0.15, 0.2) is 6.61 Å². The zero-order valence-electron chi connectivity index (χ0n) is 13.4. The molecule has 5 rings (SSSR count). The summed E-state index contributed by atoms with van der Waals surface area (Å²) in [6.45, 7) is 2.20. The van der Waals surface area contributed by atoms with E-state index in [-0.39, 0.29) is 28.2 Å². The van der Waals surface area contributed by atoms with Gasteiger partial charge in [-0.15, -0.1) is 0 Å². The molecule has 4 saturated carbocycles. The molecular formula is C17H24BrNO4. The third kappa shape index (κ3) is 2.93. The molecule has 4 aliphatic carbocycles. The monoisotopic (exact) mass is 385 g/mol. The fraction of sp³-hybridized carbons (Fsp3) is 0.882. The number of esters is 1. The van der Waals surface area contributed by atoms with E-state index in [4.69, 9.17) is 9.47 Å². The summed E-state index contributed by atoms with van der Waals surface area (Å²) in [5.41, 5.74) is -0.348. The van der Waals surface area contributed by atoms with E-state index in [1.165, 1.54) is 19.3 Å². The van der Waals surface area contributed by atoms with Crippen LogP contribution in [-0.4, -0.2) is 54.0 Å². The van der Waals surface area contributed by atoms with Crippen LogP contribution in [0.15, 0.2) is 0 Å². The Bertz CT molecular complexity index is 503. The van der Waals surface area contributed by atoms with Gasteiger partial charge in [0.05, 0.1) is 18.6 Å². The van der Waals surface area contributed by atoms with Gasteiger partial charge in [0.1, 0.15) is 0 Å². The van der Waals surface area contributed by atoms with E-state index in [9.17, 15) is 9.59 Å². The van der Waals surface area contributed by atoms with E-state index >= 15 is 0 Å². The molecule has 1 aliphatic heterocycles. The molecule has 0 N–H and O–H groups in total. The second-order valence-corrected chi connectivity index (χ2v) is 9.64. The van der Waals surface area contributed by atoms with Crippen LogP contribution in [0, 0.1) is 17.3 Å². The lowest BCUT2D eigenvalue weighted by Gasteiger charge is -2.58. The normalized spacial score (nSPS) is 41.9. The third-order valence-corrected chi connectivity index (χ3v) is 7.04. The van der Waals surface area contributed by atoms with Crippen molar-refractivity contribution >= 4 is 27.8 Å². The van der Waals surface area contributed by atoms with Gasteiger partial charge in [-0.2, -0.15) is 0 Å². The number of amides is 1. The largest absolute Gasteiger partial charge is 0.455 e. The number of hydrogen-bond donors (Lipinski definition) is 0. The molecule has 128 valence electrons. The maximum Gasteiger partial charge on any atom is 0.312 e. The van der Waals surface area contributed by atoms with Crippen molar-refractivity contribution in [3.63, 3.8) is 0 Å². The summed E-state index contributed by atoms with van der Waals surface area (Å²) in [5.74, 6) is 1.04. The van der Waals surface area contributed by atoms with Gasteiger partial charge >= 0.3 is 5.97 Å². The Balaban J connectivity index is 1.38. The van der Waals surface area contributed by atoms with Crippen LogP contribution in [0.25, 0.3) is 0 Å². The molecule has 5 aliphatic rings. The molecular weight excluding hydrogens is 362 g/mol. The van der Waals surface area contributed by atoms with Crippen LogP contribution in [0.2, 0.25) is 0 Å². The number of ether oxygens (including phenoxy) is 2. The number of carbonyl (C=O) groups is 2. The van der Waals surface area contributed by atoms with Crippen LogP contribution in [0.3, 0.4) is 0 Å². The Morgan fingerprint density at radius 3 is 2.39 bits per heavy atom. The summed E-state index contributed by atoms with van der Waals surface area (Å²) < 4.78 is 10.9. The van der Waals surface area contributed by atoms with Crippen molar-refractivity contribution in [2.75, 3.05) is 32.9 Å². The highest BCUT2D eigenvalue weighted by atomic mass is 79.9. The summed E-state index contributed by atoms with van der Waals surface area (Å²) in [6, 6.07) is 0. The number of nitrogens with zero attached hydrogens (tertiary/aromatic N) is 1. The molecule has 4 bridgehead atoms. The lowest BCUT2D eigenvalue weighted by Crippen LogP contribution is -2.56. The molecule has 1 saturated heterocycles. The molecule has 0 aromatic carbocycles. The summed E-state index contributed by atoms with van der Waals surface area (Å²) >= 11 is 3.91. The van der Waals surface area contributed by atoms with Crippen LogP contribution in [-0.2, 0) is 19.1 Å². The number of halogens is 1. The predicted octanol–water partition coefficient (Wildman–Crippen LogP) is 2.12. The molecule has 0 spiro atoms. The van der Waals surface area contributed by atoms with E-state index in [0.717, 1.165) is 19.3 Å². The molecule has 6 heteroatoms. The summed E-state index contributed by atoms with van der Waals surface area (Å²) in [7, 11) is 0. The minimum Gasteiger partial charge on any atom is -0.455 e. The topological polar surface area (TPSA) is 55.8 Å². The standard InChI is InChI=1S/C17H24BrNO4/c18-17-8-12-5-13(9-17)7-16(6-12,11-17)15(21)23-10-14(20)19-1-3-22-4-2-19/h12-13H,1-11H2/t12-,13+,16?,17?. The molecule has 0 aromatic rings. The van der Waals surface area contributed by atoms with Gasteiger partial charge in [0.25, 0.3) is 5.91 Å². The maximum absolute atomic E-state index is 12.8. The first-order chi connectivity index (χ1) is 11.0. The minimum absolute atomic E-state index is 0.0973. The average molecular weight is 386 g/mol. The van der Waals surface area contributed by atoms with Gasteiger partial charge in [-0.1, -0.05) is 15.9 Å². The minimum atomic E-state index is -0.348. The van der Waals surface area contributed by atoms with E-state index in [0.29, 0.717) is 38.1 Å². The van der Waals surface area contributed by atoms with Crippen LogP contribution in [0.1, 0.15) is 38.5 Å². The Kier molecular flexibility index (Phi) is 3.95. The third-order valence-electron chi connectivity index (χ3n) is 6.11. The lowest BCUT2D eigenvalue weighted by atomic mass is 9.49. The molecule has 5 nitrogen and oxygen atoms in total. The first-order valence-electron chi connectivity index (χ1n) is 8.70. The number of rotatable bonds is 3. The highest BCUT2D eigenvalue weighted by Crippen LogP contribution is 2.64. The average Bonchev–Trinajstić information content (AvgIpc) is 2.50. The van der Waals surface area contributed by atoms with Crippen molar-refractivity contribution in [2.45, 2.75) is 42.8 Å². The maximum atomic E-state index is 12.8. The molecule has 0 radical (unpaired) electrons. The first kappa shape index (κ1) is 15.9. The van der Waals surface area contributed by atoms with Crippen LogP contribution in [0.4, 0.5) is 0 Å². The van der Waals surface area contributed by atoms with Gasteiger partial charge < -0.3 is 14.4 Å². The van der Waals surface area contributed by atoms with E-state index in [2.05, 4.69) is 15.9 Å². The number of carbonyl (C=O) groups excluding carboxylic acids is 2. The highest BCUT2D eigenvalue weighted by Gasteiger charge is 2.60.